The van der Waals surface area contributed by atoms with Crippen LogP contribution < -0.4 is 5.32 Å². The molecule has 1 N–H and O–H groups in total. The van der Waals surface area contributed by atoms with Crippen LogP contribution in [0.3, 0.4) is 0 Å². The van der Waals surface area contributed by atoms with Crippen LogP contribution in [0.1, 0.15) is 12.5 Å². The van der Waals surface area contributed by atoms with Gasteiger partial charge in [0.2, 0.25) is 0 Å². The second kappa shape index (κ2) is 5.41. The molecule has 0 amide bonds. The van der Waals surface area contributed by atoms with Crippen molar-refractivity contribution in [1.29, 1.82) is 0 Å². The van der Waals surface area contributed by atoms with E-state index in [1.54, 1.807) is 0 Å². The summed E-state index contributed by atoms with van der Waals surface area (Å²) in [5, 5.41) is 5.32. The minimum Gasteiger partial charge on any atom is -0.464 e. The highest BCUT2D eigenvalue weighted by Gasteiger charge is 2.05. The molecular formula is C13H17NOS. The first kappa shape index (κ1) is 11.6. The Labute approximate surface area is 100 Å². The summed E-state index contributed by atoms with van der Waals surface area (Å²) in [5.41, 5.74) is 2.21. The predicted octanol–water partition coefficient (Wildman–Crippen LogP) is 3.27. The number of hydrogen-bond acceptors (Lipinski definition) is 3. The summed E-state index contributed by atoms with van der Waals surface area (Å²) in [5.74, 6) is 0. The van der Waals surface area contributed by atoms with E-state index in [-0.39, 0.29) is 0 Å². The Kier molecular flexibility index (Phi) is 3.91. The Balaban J connectivity index is 1.99. The number of hydrogen-bond donors (Lipinski definition) is 1. The molecule has 2 rings (SSSR count). The fraction of sp³-hybridized carbons (Fsp3) is 0.385. The van der Waals surface area contributed by atoms with Crippen molar-refractivity contribution in [2.45, 2.75) is 18.7 Å². The molecule has 0 spiro atoms. The maximum atomic E-state index is 5.49. The third kappa shape index (κ3) is 2.60. The SMILES string of the molecule is CSC(C)CNCc1coc2ccccc12. The lowest BCUT2D eigenvalue weighted by molar-refractivity contribution is 0.602. The van der Waals surface area contributed by atoms with Crippen molar-refractivity contribution in [2.24, 2.45) is 0 Å². The molecule has 0 radical (unpaired) electrons. The van der Waals surface area contributed by atoms with E-state index < -0.39 is 0 Å². The van der Waals surface area contributed by atoms with Crippen LogP contribution in [0.25, 0.3) is 11.0 Å². The molecule has 2 nitrogen and oxygen atoms in total. The zero-order valence-electron chi connectivity index (χ0n) is 9.69. The Morgan fingerprint density at radius 1 is 1.38 bits per heavy atom. The zero-order chi connectivity index (χ0) is 11.4. The molecule has 1 aromatic carbocycles. The Morgan fingerprint density at radius 2 is 2.19 bits per heavy atom. The largest absolute Gasteiger partial charge is 0.464 e. The average molecular weight is 235 g/mol. The van der Waals surface area contributed by atoms with Crippen LogP contribution in [0.15, 0.2) is 34.9 Å². The fourth-order valence-electron chi connectivity index (χ4n) is 1.66. The first-order valence-electron chi connectivity index (χ1n) is 5.50. The Morgan fingerprint density at radius 3 is 3.00 bits per heavy atom. The highest BCUT2D eigenvalue weighted by Crippen LogP contribution is 2.20. The second-order valence-corrected chi connectivity index (χ2v) is 5.21. The summed E-state index contributed by atoms with van der Waals surface area (Å²) in [4.78, 5) is 0. The third-order valence-electron chi connectivity index (χ3n) is 2.71. The van der Waals surface area contributed by atoms with Crippen molar-refractivity contribution < 1.29 is 4.42 Å². The molecule has 3 heteroatoms. The Hall–Kier alpha value is -0.930. The zero-order valence-corrected chi connectivity index (χ0v) is 10.5. The molecule has 16 heavy (non-hydrogen) atoms. The van der Waals surface area contributed by atoms with Gasteiger partial charge in [-0.1, -0.05) is 25.1 Å². The van der Waals surface area contributed by atoms with Crippen LogP contribution in [0.5, 0.6) is 0 Å². The van der Waals surface area contributed by atoms with Crippen LogP contribution in [-0.2, 0) is 6.54 Å². The van der Waals surface area contributed by atoms with E-state index in [0.29, 0.717) is 5.25 Å². The molecule has 1 unspecified atom stereocenters. The summed E-state index contributed by atoms with van der Waals surface area (Å²) in [6.45, 7) is 4.13. The van der Waals surface area contributed by atoms with Gasteiger partial charge in [-0.3, -0.25) is 0 Å². The quantitative estimate of drug-likeness (QED) is 0.861. The van der Waals surface area contributed by atoms with Gasteiger partial charge in [-0.2, -0.15) is 11.8 Å². The minimum absolute atomic E-state index is 0.651. The normalized spacial score (nSPS) is 13.1. The molecule has 0 aliphatic rings. The first-order valence-corrected chi connectivity index (χ1v) is 6.78. The van der Waals surface area contributed by atoms with E-state index >= 15 is 0 Å². The number of rotatable bonds is 5. The van der Waals surface area contributed by atoms with Crippen molar-refractivity contribution in [2.75, 3.05) is 12.8 Å². The molecule has 1 aromatic heterocycles. The maximum absolute atomic E-state index is 5.49. The fourth-order valence-corrected chi connectivity index (χ4v) is 1.95. The van der Waals surface area contributed by atoms with Gasteiger partial charge in [0.1, 0.15) is 5.58 Å². The lowest BCUT2D eigenvalue weighted by atomic mass is 10.2. The van der Waals surface area contributed by atoms with Gasteiger partial charge >= 0.3 is 0 Å². The predicted molar refractivity (Wildman–Crippen MR) is 70.9 cm³/mol. The van der Waals surface area contributed by atoms with Gasteiger partial charge in [-0.25, -0.2) is 0 Å². The molecule has 0 aliphatic carbocycles. The van der Waals surface area contributed by atoms with E-state index in [0.717, 1.165) is 18.7 Å². The summed E-state index contributed by atoms with van der Waals surface area (Å²) in [6.07, 6.45) is 3.99. The average Bonchev–Trinajstić information content (AvgIpc) is 2.73. The molecule has 0 aliphatic heterocycles. The lowest BCUT2D eigenvalue weighted by Gasteiger charge is -2.08. The van der Waals surface area contributed by atoms with Gasteiger partial charge in [-0.15, -0.1) is 0 Å². The van der Waals surface area contributed by atoms with Crippen molar-refractivity contribution in [3.8, 4) is 0 Å². The number of furan rings is 1. The van der Waals surface area contributed by atoms with Gasteiger partial charge < -0.3 is 9.73 Å². The minimum atomic E-state index is 0.651. The van der Waals surface area contributed by atoms with Crippen LogP contribution in [0.2, 0.25) is 0 Å². The van der Waals surface area contributed by atoms with Crippen LogP contribution in [0, 0.1) is 0 Å². The van der Waals surface area contributed by atoms with Crippen molar-refractivity contribution >= 4 is 22.7 Å². The van der Waals surface area contributed by atoms with Gasteiger partial charge in [0.25, 0.3) is 0 Å². The first-order chi connectivity index (χ1) is 7.81. The number of thioether (sulfide) groups is 1. The van der Waals surface area contributed by atoms with E-state index in [9.17, 15) is 0 Å². The number of fused-ring (bicyclic) bond motifs is 1. The third-order valence-corrected chi connectivity index (χ3v) is 3.68. The molecule has 86 valence electrons. The summed E-state index contributed by atoms with van der Waals surface area (Å²) in [7, 11) is 0. The molecule has 0 saturated heterocycles. The number of para-hydroxylation sites is 1. The van der Waals surface area contributed by atoms with Crippen LogP contribution >= 0.6 is 11.8 Å². The molecule has 2 aromatic rings. The standard InChI is InChI=1S/C13H17NOS/c1-10(16-2)7-14-8-11-9-15-13-6-4-3-5-12(11)13/h3-6,9-10,14H,7-8H2,1-2H3. The van der Waals surface area contributed by atoms with Crippen molar-refractivity contribution in [1.82, 2.24) is 5.32 Å². The highest BCUT2D eigenvalue weighted by atomic mass is 32.2. The van der Waals surface area contributed by atoms with Gasteiger partial charge in [0.05, 0.1) is 6.26 Å². The van der Waals surface area contributed by atoms with Crippen LogP contribution in [-0.4, -0.2) is 18.1 Å². The summed E-state index contributed by atoms with van der Waals surface area (Å²) < 4.78 is 5.49. The smallest absolute Gasteiger partial charge is 0.134 e. The van der Waals surface area contributed by atoms with E-state index in [2.05, 4.69) is 24.6 Å². The topological polar surface area (TPSA) is 25.2 Å². The van der Waals surface area contributed by atoms with Crippen molar-refractivity contribution in [3.05, 3.63) is 36.1 Å². The van der Waals surface area contributed by atoms with E-state index in [1.165, 1.54) is 10.9 Å². The lowest BCUT2D eigenvalue weighted by Crippen LogP contribution is -2.21. The maximum Gasteiger partial charge on any atom is 0.134 e. The number of nitrogens with one attached hydrogen (secondary N) is 1. The molecule has 1 heterocycles. The van der Waals surface area contributed by atoms with Crippen LogP contribution in [0.4, 0.5) is 0 Å². The van der Waals surface area contributed by atoms with E-state index in [1.807, 2.05) is 36.2 Å². The van der Waals surface area contributed by atoms with Crippen molar-refractivity contribution in [3.63, 3.8) is 0 Å². The molecular weight excluding hydrogens is 218 g/mol. The molecule has 1 atom stereocenters. The summed E-state index contributed by atoms with van der Waals surface area (Å²) in [6, 6.07) is 8.15. The molecule has 0 bridgehead atoms. The van der Waals surface area contributed by atoms with Gasteiger partial charge in [0.15, 0.2) is 0 Å². The molecule has 0 fully saturated rings. The second-order valence-electron chi connectivity index (χ2n) is 3.93. The van der Waals surface area contributed by atoms with E-state index in [4.69, 9.17) is 4.42 Å². The summed E-state index contributed by atoms with van der Waals surface area (Å²) >= 11 is 1.88. The van der Waals surface area contributed by atoms with Gasteiger partial charge in [0, 0.05) is 29.3 Å². The molecule has 0 saturated carbocycles. The monoisotopic (exact) mass is 235 g/mol. The Bertz CT molecular complexity index is 452. The number of benzene rings is 1. The highest BCUT2D eigenvalue weighted by molar-refractivity contribution is 7.99. The van der Waals surface area contributed by atoms with Gasteiger partial charge in [-0.05, 0) is 12.3 Å².